The van der Waals surface area contributed by atoms with Crippen molar-refractivity contribution >= 4 is 28.6 Å². The Bertz CT molecular complexity index is 1240. The van der Waals surface area contributed by atoms with E-state index in [2.05, 4.69) is 46.5 Å². The lowest BCUT2D eigenvalue weighted by atomic mass is 9.84. The topological polar surface area (TPSA) is 88.7 Å². The van der Waals surface area contributed by atoms with Gasteiger partial charge >= 0.3 is 12.0 Å². The average Bonchev–Trinajstić information content (AvgIpc) is 3.31. The molecule has 2 fully saturated rings. The van der Waals surface area contributed by atoms with Crippen molar-refractivity contribution in [1.82, 2.24) is 14.8 Å². The van der Waals surface area contributed by atoms with Crippen LogP contribution in [0.1, 0.15) is 48.3 Å². The van der Waals surface area contributed by atoms with Crippen LogP contribution in [0.2, 0.25) is 0 Å². The number of nitrogens with one attached hydrogen (secondary N) is 2. The molecule has 1 atom stereocenters. The van der Waals surface area contributed by atoms with Gasteiger partial charge in [0, 0.05) is 35.9 Å². The third kappa shape index (κ3) is 4.98. The second kappa shape index (κ2) is 10.3. The fourth-order valence-electron chi connectivity index (χ4n) is 6.02. The molecule has 2 aliphatic heterocycles. The quantitative estimate of drug-likeness (QED) is 0.451. The number of carbonyl (C=O) groups excluding carboxylic acids is 1. The maximum absolute atomic E-state index is 12.8. The summed E-state index contributed by atoms with van der Waals surface area (Å²) >= 11 is 0. The van der Waals surface area contributed by atoms with Crippen molar-refractivity contribution in [3.8, 4) is 0 Å². The zero-order valence-electron chi connectivity index (χ0n) is 21.2. The number of amides is 2. The number of aromatic amines is 1. The molecule has 2 amide bonds. The van der Waals surface area contributed by atoms with E-state index in [1.54, 1.807) is 0 Å². The summed E-state index contributed by atoms with van der Waals surface area (Å²) in [5.41, 5.74) is 5.64. The summed E-state index contributed by atoms with van der Waals surface area (Å²) in [5, 5.41) is 14.4. The fraction of sp³-hybridized carbons (Fsp3) is 0.448. The summed E-state index contributed by atoms with van der Waals surface area (Å²) in [6.07, 6.45) is 5.46. The molecule has 0 saturated carbocycles. The maximum Gasteiger partial charge on any atom is 0.321 e. The van der Waals surface area contributed by atoms with E-state index in [1.165, 1.54) is 16.5 Å². The van der Waals surface area contributed by atoms with Crippen molar-refractivity contribution in [2.75, 3.05) is 31.5 Å². The number of hydrogen-bond donors (Lipinski definition) is 3. The molecular weight excluding hydrogens is 452 g/mol. The monoisotopic (exact) mass is 488 g/mol. The lowest BCUT2D eigenvalue weighted by Crippen LogP contribution is -2.52. The predicted molar refractivity (Wildman–Crippen MR) is 143 cm³/mol. The molecule has 3 heterocycles. The Kier molecular flexibility index (Phi) is 7.01. The van der Waals surface area contributed by atoms with Crippen LogP contribution in [-0.2, 0) is 4.79 Å². The van der Waals surface area contributed by atoms with Crippen molar-refractivity contribution in [3.05, 3.63) is 65.4 Å². The van der Waals surface area contributed by atoms with Crippen LogP contribution >= 0.6 is 0 Å². The lowest BCUT2D eigenvalue weighted by Gasteiger charge is -2.41. The number of nitrogens with zero attached hydrogens (tertiary/aromatic N) is 2. The molecule has 3 aromatic rings. The van der Waals surface area contributed by atoms with Gasteiger partial charge in [0.2, 0.25) is 0 Å². The van der Waals surface area contributed by atoms with E-state index in [1.807, 2.05) is 36.1 Å². The van der Waals surface area contributed by atoms with E-state index in [0.29, 0.717) is 31.8 Å². The van der Waals surface area contributed by atoms with Gasteiger partial charge in [0.25, 0.3) is 0 Å². The third-order valence-electron chi connectivity index (χ3n) is 8.27. The largest absolute Gasteiger partial charge is 0.480 e. The maximum atomic E-state index is 12.8. The number of rotatable bonds is 5. The van der Waals surface area contributed by atoms with E-state index in [0.717, 1.165) is 42.7 Å². The van der Waals surface area contributed by atoms with Gasteiger partial charge in [-0.25, -0.2) is 4.79 Å². The second-order valence-electron chi connectivity index (χ2n) is 10.4. The predicted octanol–water partition coefficient (Wildman–Crippen LogP) is 5.36. The highest BCUT2D eigenvalue weighted by molar-refractivity contribution is 5.89. The van der Waals surface area contributed by atoms with Gasteiger partial charge < -0.3 is 20.3 Å². The number of carboxylic acid groups (broad SMARTS) is 1. The zero-order valence-corrected chi connectivity index (χ0v) is 21.2. The highest BCUT2D eigenvalue weighted by Gasteiger charge is 2.38. The molecule has 7 heteroatoms. The summed E-state index contributed by atoms with van der Waals surface area (Å²) in [5.74, 6) is -0.237. The van der Waals surface area contributed by atoms with Crippen LogP contribution < -0.4 is 5.32 Å². The number of piperidine rings is 2. The van der Waals surface area contributed by atoms with E-state index < -0.39 is 12.0 Å². The van der Waals surface area contributed by atoms with Gasteiger partial charge in [-0.05, 0) is 99.3 Å². The van der Waals surface area contributed by atoms with Crippen molar-refractivity contribution in [1.29, 1.82) is 0 Å². The average molecular weight is 489 g/mol. The van der Waals surface area contributed by atoms with Crippen LogP contribution in [0.4, 0.5) is 10.5 Å². The summed E-state index contributed by atoms with van der Waals surface area (Å²) < 4.78 is 0. The molecule has 0 spiro atoms. The van der Waals surface area contributed by atoms with Crippen molar-refractivity contribution in [3.63, 3.8) is 0 Å². The number of carbonyl (C=O) groups is 2. The summed E-state index contributed by atoms with van der Waals surface area (Å²) in [7, 11) is 0. The van der Waals surface area contributed by atoms with E-state index in [-0.39, 0.29) is 11.9 Å². The first-order valence-electron chi connectivity index (χ1n) is 13.1. The molecule has 5 rings (SSSR count). The van der Waals surface area contributed by atoms with Gasteiger partial charge in [-0.3, -0.25) is 9.69 Å². The van der Waals surface area contributed by atoms with Crippen LogP contribution in [0.5, 0.6) is 0 Å². The molecule has 36 heavy (non-hydrogen) atoms. The zero-order chi connectivity index (χ0) is 25.2. The molecule has 0 aliphatic carbocycles. The van der Waals surface area contributed by atoms with Gasteiger partial charge in [0.1, 0.15) is 6.04 Å². The van der Waals surface area contributed by atoms with Gasteiger partial charge in [-0.15, -0.1) is 0 Å². The highest BCUT2D eigenvalue weighted by Crippen LogP contribution is 2.35. The smallest absolute Gasteiger partial charge is 0.321 e. The molecule has 0 bridgehead atoms. The molecule has 2 saturated heterocycles. The first kappa shape index (κ1) is 24.4. The lowest BCUT2D eigenvalue weighted by molar-refractivity contribution is -0.146. The number of carboxylic acids is 1. The highest BCUT2D eigenvalue weighted by atomic mass is 16.4. The molecule has 1 unspecified atom stereocenters. The van der Waals surface area contributed by atoms with Crippen LogP contribution in [0, 0.1) is 19.8 Å². The van der Waals surface area contributed by atoms with Crippen LogP contribution in [0.3, 0.4) is 0 Å². The molecule has 190 valence electrons. The SMILES string of the molecule is Cc1ccc(NC(=O)N2CCC(C(C(=O)O)N3CCC(c4c[nH]c5ccccc45)CC3)CC2)cc1C. The van der Waals surface area contributed by atoms with Crippen LogP contribution in [-0.4, -0.2) is 64.1 Å². The Balaban J connectivity index is 1.17. The number of likely N-dealkylation sites (tertiary alicyclic amines) is 2. The van der Waals surface area contributed by atoms with Crippen LogP contribution in [0.25, 0.3) is 10.9 Å². The number of aryl methyl sites for hydroxylation is 2. The Labute approximate surface area is 212 Å². The third-order valence-corrected chi connectivity index (χ3v) is 8.27. The number of aromatic nitrogens is 1. The first-order valence-corrected chi connectivity index (χ1v) is 13.1. The molecule has 1 aromatic heterocycles. The van der Waals surface area contributed by atoms with Crippen molar-refractivity contribution in [2.45, 2.75) is 51.5 Å². The van der Waals surface area contributed by atoms with Crippen molar-refractivity contribution in [2.24, 2.45) is 5.92 Å². The minimum absolute atomic E-state index is 0.0535. The molecule has 7 nitrogen and oxygen atoms in total. The summed E-state index contributed by atoms with van der Waals surface area (Å²) in [6, 6.07) is 13.7. The number of hydrogen-bond acceptors (Lipinski definition) is 3. The Morgan fingerprint density at radius 3 is 2.39 bits per heavy atom. The van der Waals surface area contributed by atoms with Gasteiger partial charge in [0.15, 0.2) is 0 Å². The van der Waals surface area contributed by atoms with E-state index >= 15 is 0 Å². The minimum atomic E-state index is -0.737. The van der Waals surface area contributed by atoms with Crippen molar-refractivity contribution < 1.29 is 14.7 Å². The first-order chi connectivity index (χ1) is 17.4. The summed E-state index contributed by atoms with van der Waals surface area (Å²) in [4.78, 5) is 32.5. The van der Waals surface area contributed by atoms with Gasteiger partial charge in [-0.2, -0.15) is 0 Å². The number of anilines is 1. The normalized spacial score (nSPS) is 18.9. The van der Waals surface area contributed by atoms with Gasteiger partial charge in [0.05, 0.1) is 0 Å². The number of aliphatic carboxylic acids is 1. The molecule has 0 radical (unpaired) electrons. The Hall–Kier alpha value is -3.32. The molecular formula is C29H36N4O3. The fourth-order valence-corrected chi connectivity index (χ4v) is 6.02. The van der Waals surface area contributed by atoms with E-state index in [9.17, 15) is 14.7 Å². The number of H-pyrrole nitrogens is 1. The van der Waals surface area contributed by atoms with E-state index in [4.69, 9.17) is 0 Å². The number of fused-ring (bicyclic) bond motifs is 1. The number of para-hydroxylation sites is 1. The van der Waals surface area contributed by atoms with Gasteiger partial charge in [-0.1, -0.05) is 24.3 Å². The second-order valence-corrected chi connectivity index (χ2v) is 10.4. The van der Waals surface area contributed by atoms with Crippen LogP contribution in [0.15, 0.2) is 48.7 Å². The minimum Gasteiger partial charge on any atom is -0.480 e. The number of benzene rings is 2. The Morgan fingerprint density at radius 1 is 0.972 bits per heavy atom. The number of urea groups is 1. The standard InChI is InChI=1S/C29H36N4O3/c1-19-7-8-23(17-20(19)2)31-29(36)33-15-11-22(12-16-33)27(28(34)35)32-13-9-21(10-14-32)25-18-30-26-6-4-3-5-24(25)26/h3-8,17-18,21-22,27,30H,9-16H2,1-2H3,(H,31,36)(H,34,35). The molecule has 2 aromatic carbocycles. The summed E-state index contributed by atoms with van der Waals surface area (Å²) in [6.45, 7) is 6.82. The Morgan fingerprint density at radius 2 is 1.69 bits per heavy atom. The molecule has 2 aliphatic rings. The molecule has 3 N–H and O–H groups in total.